The van der Waals surface area contributed by atoms with Gasteiger partial charge in [-0.2, -0.15) is 0 Å². The summed E-state index contributed by atoms with van der Waals surface area (Å²) in [5.41, 5.74) is 0.417. The molecule has 1 aliphatic rings. The molecule has 0 amide bonds. The van der Waals surface area contributed by atoms with Crippen LogP contribution in [0.15, 0.2) is 24.3 Å². The van der Waals surface area contributed by atoms with Gasteiger partial charge in [-0.3, -0.25) is 0 Å². The van der Waals surface area contributed by atoms with Crippen LogP contribution in [-0.4, -0.2) is 60.7 Å². The van der Waals surface area contributed by atoms with E-state index in [1.165, 1.54) is 24.3 Å². The molecule has 0 aromatic heterocycles. The third-order valence-electron chi connectivity index (χ3n) is 3.52. The van der Waals surface area contributed by atoms with E-state index in [9.17, 15) is 35.4 Å². The van der Waals surface area contributed by atoms with Gasteiger partial charge >= 0.3 is 5.97 Å². The van der Waals surface area contributed by atoms with Crippen molar-refractivity contribution in [3.05, 3.63) is 29.8 Å². The smallest absolute Gasteiger partial charge is 0.331 e. The number of aromatic hydroxyl groups is 2. The van der Waals surface area contributed by atoms with Crippen LogP contribution in [0.25, 0.3) is 6.08 Å². The number of aliphatic hydroxyl groups excluding tert-OH is 2. The molecule has 126 valence electrons. The lowest BCUT2D eigenvalue weighted by atomic mass is 9.87. The van der Waals surface area contributed by atoms with Gasteiger partial charge in [-0.05, 0) is 23.8 Å². The van der Waals surface area contributed by atoms with Crippen molar-refractivity contribution in [1.82, 2.24) is 0 Å². The van der Waals surface area contributed by atoms with Crippen molar-refractivity contribution in [2.24, 2.45) is 0 Å². The van der Waals surface area contributed by atoms with Crippen LogP contribution in [0.2, 0.25) is 0 Å². The molecule has 0 spiro atoms. The summed E-state index contributed by atoms with van der Waals surface area (Å²) in [4.78, 5) is 11.7. The summed E-state index contributed by atoms with van der Waals surface area (Å²) >= 11 is 0. The Labute approximate surface area is 131 Å². The number of carbonyl (C=O) groups is 1. The number of benzene rings is 1. The van der Waals surface area contributed by atoms with Crippen molar-refractivity contribution in [1.29, 1.82) is 0 Å². The third-order valence-corrected chi connectivity index (χ3v) is 3.52. The highest BCUT2D eigenvalue weighted by Gasteiger charge is 2.44. The maximum absolute atomic E-state index is 11.7. The Morgan fingerprint density at radius 3 is 2.52 bits per heavy atom. The number of aliphatic hydroxyl groups is 4. The van der Waals surface area contributed by atoms with Gasteiger partial charge in [-0.15, -0.1) is 0 Å². The Morgan fingerprint density at radius 1 is 1.17 bits per heavy atom. The van der Waals surface area contributed by atoms with Crippen molar-refractivity contribution in [3.63, 3.8) is 0 Å². The van der Waals surface area contributed by atoms with Gasteiger partial charge in [0.25, 0.3) is 0 Å². The first-order valence-corrected chi connectivity index (χ1v) is 6.89. The van der Waals surface area contributed by atoms with Crippen LogP contribution in [0.1, 0.15) is 18.4 Å². The molecule has 8 heteroatoms. The number of phenolic OH excluding ortho intramolecular Hbond substituents is 2. The molecular formula is C15H18O8. The van der Waals surface area contributed by atoms with Gasteiger partial charge < -0.3 is 35.4 Å². The molecule has 0 aliphatic heterocycles. The lowest BCUT2D eigenvalue weighted by molar-refractivity contribution is -0.248. The van der Waals surface area contributed by atoms with Crippen LogP contribution in [0.3, 0.4) is 0 Å². The van der Waals surface area contributed by atoms with Crippen LogP contribution in [0.5, 0.6) is 11.5 Å². The van der Waals surface area contributed by atoms with Crippen molar-refractivity contribution in [3.8, 4) is 11.5 Å². The summed E-state index contributed by atoms with van der Waals surface area (Å²) in [5.74, 6) is -3.75. The summed E-state index contributed by atoms with van der Waals surface area (Å²) in [7, 11) is 0. The lowest BCUT2D eigenvalue weighted by Gasteiger charge is -2.38. The van der Waals surface area contributed by atoms with E-state index >= 15 is 0 Å². The molecule has 1 aromatic carbocycles. The first kappa shape index (κ1) is 17.2. The molecule has 2 rings (SSSR count). The van der Waals surface area contributed by atoms with Crippen molar-refractivity contribution < 1.29 is 40.2 Å². The van der Waals surface area contributed by atoms with Crippen LogP contribution in [0.4, 0.5) is 0 Å². The normalized spacial score (nSPS) is 27.0. The predicted molar refractivity (Wildman–Crippen MR) is 77.1 cm³/mol. The molecule has 8 nitrogen and oxygen atoms in total. The minimum atomic E-state index is -2.23. The molecule has 3 atom stereocenters. The fraction of sp³-hybridized carbons (Fsp3) is 0.400. The number of hydrogen-bond acceptors (Lipinski definition) is 8. The largest absolute Gasteiger partial charge is 0.504 e. The molecule has 2 unspecified atom stereocenters. The van der Waals surface area contributed by atoms with E-state index in [1.807, 2.05) is 0 Å². The van der Waals surface area contributed by atoms with E-state index in [0.717, 1.165) is 6.08 Å². The second kappa shape index (κ2) is 6.55. The highest BCUT2D eigenvalue weighted by Crippen LogP contribution is 2.29. The van der Waals surface area contributed by atoms with Gasteiger partial charge in [0.15, 0.2) is 17.3 Å². The second-order valence-electron chi connectivity index (χ2n) is 5.51. The summed E-state index contributed by atoms with van der Waals surface area (Å²) < 4.78 is 4.92. The first-order chi connectivity index (χ1) is 10.7. The SMILES string of the molecule is O=C(/C=C/c1ccc(O)c(O)c1)OC1CC(O)(O)CC(O)[C@@H]1O. The zero-order chi connectivity index (χ0) is 17.2. The summed E-state index contributed by atoms with van der Waals surface area (Å²) in [6.07, 6.45) is -2.66. The highest BCUT2D eigenvalue weighted by atomic mass is 16.6. The topological polar surface area (TPSA) is 148 Å². The Kier molecular flexibility index (Phi) is 4.90. The second-order valence-corrected chi connectivity index (χ2v) is 5.51. The number of hydrogen-bond donors (Lipinski definition) is 6. The lowest BCUT2D eigenvalue weighted by Crippen LogP contribution is -2.53. The maximum Gasteiger partial charge on any atom is 0.331 e. The maximum atomic E-state index is 11.7. The van der Waals surface area contributed by atoms with E-state index in [-0.39, 0.29) is 11.5 Å². The van der Waals surface area contributed by atoms with Gasteiger partial charge in [0.1, 0.15) is 12.2 Å². The molecule has 23 heavy (non-hydrogen) atoms. The summed E-state index contributed by atoms with van der Waals surface area (Å²) in [5, 5.41) is 56.8. The van der Waals surface area contributed by atoms with Gasteiger partial charge in [-0.1, -0.05) is 6.07 Å². The molecule has 0 saturated heterocycles. The molecule has 1 saturated carbocycles. The Balaban J connectivity index is 2.00. The van der Waals surface area contributed by atoms with Crippen molar-refractivity contribution in [2.45, 2.75) is 36.9 Å². The van der Waals surface area contributed by atoms with E-state index in [0.29, 0.717) is 5.56 Å². The van der Waals surface area contributed by atoms with E-state index in [2.05, 4.69) is 0 Å². The molecule has 1 aromatic rings. The monoisotopic (exact) mass is 326 g/mol. The average Bonchev–Trinajstić information content (AvgIpc) is 2.45. The van der Waals surface area contributed by atoms with Crippen LogP contribution >= 0.6 is 0 Å². The molecule has 1 aliphatic carbocycles. The molecule has 6 N–H and O–H groups in total. The summed E-state index contributed by atoms with van der Waals surface area (Å²) in [6.45, 7) is 0. The minimum Gasteiger partial charge on any atom is -0.504 e. The average molecular weight is 326 g/mol. The van der Waals surface area contributed by atoms with Crippen LogP contribution < -0.4 is 0 Å². The Morgan fingerprint density at radius 2 is 1.87 bits per heavy atom. The quantitative estimate of drug-likeness (QED) is 0.183. The van der Waals surface area contributed by atoms with Gasteiger partial charge in [0, 0.05) is 18.9 Å². The first-order valence-electron chi connectivity index (χ1n) is 6.89. The number of esters is 1. The Hall–Kier alpha value is -2.13. The number of carbonyl (C=O) groups excluding carboxylic acids is 1. The molecule has 0 radical (unpaired) electrons. The van der Waals surface area contributed by atoms with Crippen molar-refractivity contribution in [2.75, 3.05) is 0 Å². The van der Waals surface area contributed by atoms with Crippen molar-refractivity contribution >= 4 is 12.0 Å². The summed E-state index contributed by atoms with van der Waals surface area (Å²) in [6, 6.07) is 3.92. The molecule has 0 bridgehead atoms. The van der Waals surface area contributed by atoms with Crippen LogP contribution in [0, 0.1) is 0 Å². The Bertz CT molecular complexity index is 609. The zero-order valence-corrected chi connectivity index (χ0v) is 12.0. The molecule has 0 heterocycles. The van der Waals surface area contributed by atoms with Gasteiger partial charge in [-0.25, -0.2) is 4.79 Å². The molecular weight excluding hydrogens is 308 g/mol. The number of rotatable bonds is 3. The van der Waals surface area contributed by atoms with E-state index in [4.69, 9.17) is 4.74 Å². The predicted octanol–water partition coefficient (Wildman–Crippen LogP) is -0.781. The molecule has 1 fully saturated rings. The minimum absolute atomic E-state index is 0.300. The van der Waals surface area contributed by atoms with E-state index in [1.54, 1.807) is 0 Å². The highest BCUT2D eigenvalue weighted by molar-refractivity contribution is 5.87. The van der Waals surface area contributed by atoms with Gasteiger partial charge in [0.2, 0.25) is 0 Å². The van der Waals surface area contributed by atoms with Gasteiger partial charge in [0.05, 0.1) is 6.10 Å². The number of phenols is 2. The standard InChI is InChI=1S/C15H18O8/c16-9-3-1-8(5-10(9)17)2-4-13(19)23-12-7-15(21,22)6-11(18)14(12)20/h1-5,11-12,14,16-18,20-22H,6-7H2/b4-2+/t11?,12?,14-/m0/s1. The fourth-order valence-electron chi connectivity index (χ4n) is 2.34. The number of ether oxygens (including phenoxy) is 1. The van der Waals surface area contributed by atoms with E-state index < -0.39 is 42.9 Å². The fourth-order valence-corrected chi connectivity index (χ4v) is 2.34. The third kappa shape index (κ3) is 4.42. The zero-order valence-electron chi connectivity index (χ0n) is 12.0. The van der Waals surface area contributed by atoms with Crippen LogP contribution in [-0.2, 0) is 9.53 Å².